The standard InChI is InChI=1S/C18H18N4O2S/c1-24-14-4-2-13(3-5-14)10-21-7-8-22(11-16(21)23)17-15-6-9-25-18(15)20-12-19-17/h2-6,9,12H,7-8,10-11H2,1H3. The molecule has 128 valence electrons. The highest BCUT2D eigenvalue weighted by atomic mass is 32.1. The number of fused-ring (bicyclic) bond motifs is 1. The van der Waals surface area contributed by atoms with Crippen molar-refractivity contribution >= 4 is 33.3 Å². The highest BCUT2D eigenvalue weighted by molar-refractivity contribution is 7.16. The van der Waals surface area contributed by atoms with Gasteiger partial charge in [-0.3, -0.25) is 4.79 Å². The lowest BCUT2D eigenvalue weighted by atomic mass is 10.2. The van der Waals surface area contributed by atoms with E-state index in [0.29, 0.717) is 19.6 Å². The predicted molar refractivity (Wildman–Crippen MR) is 98.0 cm³/mol. The first-order valence-corrected chi connectivity index (χ1v) is 8.96. The summed E-state index contributed by atoms with van der Waals surface area (Å²) in [7, 11) is 1.65. The molecule has 0 N–H and O–H groups in total. The summed E-state index contributed by atoms with van der Waals surface area (Å²) in [6.07, 6.45) is 1.57. The maximum atomic E-state index is 12.6. The lowest BCUT2D eigenvalue weighted by molar-refractivity contribution is -0.131. The molecule has 0 atom stereocenters. The van der Waals surface area contributed by atoms with Crippen LogP contribution >= 0.6 is 11.3 Å². The van der Waals surface area contributed by atoms with Crippen LogP contribution in [0, 0.1) is 0 Å². The molecular formula is C18H18N4O2S. The van der Waals surface area contributed by atoms with E-state index in [-0.39, 0.29) is 5.91 Å². The molecule has 2 aromatic heterocycles. The number of rotatable bonds is 4. The van der Waals surface area contributed by atoms with Crippen LogP contribution in [0.4, 0.5) is 5.82 Å². The van der Waals surface area contributed by atoms with Gasteiger partial charge in [0.2, 0.25) is 5.91 Å². The van der Waals surface area contributed by atoms with Gasteiger partial charge in [0.1, 0.15) is 22.7 Å². The molecule has 0 unspecified atom stereocenters. The third kappa shape index (κ3) is 3.15. The zero-order valence-corrected chi connectivity index (χ0v) is 14.7. The minimum atomic E-state index is 0.115. The van der Waals surface area contributed by atoms with Crippen LogP contribution in [-0.2, 0) is 11.3 Å². The van der Waals surface area contributed by atoms with Gasteiger partial charge in [-0.25, -0.2) is 9.97 Å². The fourth-order valence-electron chi connectivity index (χ4n) is 3.04. The van der Waals surface area contributed by atoms with E-state index in [9.17, 15) is 4.79 Å². The second-order valence-corrected chi connectivity index (χ2v) is 6.82. The molecule has 1 fully saturated rings. The molecule has 1 aliphatic rings. The lowest BCUT2D eigenvalue weighted by Crippen LogP contribution is -2.50. The number of nitrogens with zero attached hydrogens (tertiary/aromatic N) is 4. The van der Waals surface area contributed by atoms with Crippen molar-refractivity contribution in [2.75, 3.05) is 31.6 Å². The van der Waals surface area contributed by atoms with Gasteiger partial charge in [-0.2, -0.15) is 0 Å². The smallest absolute Gasteiger partial charge is 0.242 e. The number of methoxy groups -OCH3 is 1. The Morgan fingerprint density at radius 1 is 1.16 bits per heavy atom. The van der Waals surface area contributed by atoms with Crippen LogP contribution in [0.5, 0.6) is 5.75 Å². The van der Waals surface area contributed by atoms with Crippen LogP contribution in [0.3, 0.4) is 0 Å². The van der Waals surface area contributed by atoms with Crippen LogP contribution in [0.25, 0.3) is 10.2 Å². The Morgan fingerprint density at radius 3 is 2.76 bits per heavy atom. The molecule has 1 aliphatic heterocycles. The number of carbonyl (C=O) groups excluding carboxylic acids is 1. The normalized spacial score (nSPS) is 15.0. The van der Waals surface area contributed by atoms with Gasteiger partial charge in [-0.05, 0) is 29.1 Å². The van der Waals surface area contributed by atoms with E-state index in [0.717, 1.165) is 33.9 Å². The van der Waals surface area contributed by atoms with Crippen LogP contribution in [-0.4, -0.2) is 47.5 Å². The topological polar surface area (TPSA) is 58.6 Å². The number of carbonyl (C=O) groups is 1. The van der Waals surface area contributed by atoms with E-state index in [2.05, 4.69) is 9.97 Å². The predicted octanol–water partition coefficient (Wildman–Crippen LogP) is 2.55. The first kappa shape index (κ1) is 15.8. The summed E-state index contributed by atoms with van der Waals surface area (Å²) < 4.78 is 5.17. The molecule has 1 amide bonds. The summed E-state index contributed by atoms with van der Waals surface area (Å²) in [5, 5.41) is 3.02. The first-order chi connectivity index (χ1) is 12.2. The Kier molecular flexibility index (Phi) is 4.23. The van der Waals surface area contributed by atoms with Gasteiger partial charge in [0.25, 0.3) is 0 Å². The van der Waals surface area contributed by atoms with Crippen molar-refractivity contribution in [1.29, 1.82) is 0 Å². The van der Waals surface area contributed by atoms with E-state index in [1.807, 2.05) is 45.5 Å². The molecule has 1 aromatic carbocycles. The number of ether oxygens (including phenoxy) is 1. The van der Waals surface area contributed by atoms with Crippen LogP contribution in [0.1, 0.15) is 5.56 Å². The third-order valence-corrected chi connectivity index (χ3v) is 5.21. The second-order valence-electron chi connectivity index (χ2n) is 5.92. The molecule has 6 nitrogen and oxygen atoms in total. The summed E-state index contributed by atoms with van der Waals surface area (Å²) in [5.41, 5.74) is 1.10. The minimum Gasteiger partial charge on any atom is -0.497 e. The van der Waals surface area contributed by atoms with Gasteiger partial charge in [-0.1, -0.05) is 12.1 Å². The number of aromatic nitrogens is 2. The number of benzene rings is 1. The molecule has 3 aromatic rings. The summed E-state index contributed by atoms with van der Waals surface area (Å²) in [6.45, 7) is 2.41. The van der Waals surface area contributed by atoms with E-state index in [4.69, 9.17) is 4.74 Å². The van der Waals surface area contributed by atoms with Gasteiger partial charge in [0, 0.05) is 19.6 Å². The summed E-state index contributed by atoms with van der Waals surface area (Å²) in [6, 6.07) is 9.85. The Bertz CT molecular complexity index is 893. The van der Waals surface area contributed by atoms with Crippen molar-refractivity contribution in [3.8, 4) is 5.75 Å². The summed E-state index contributed by atoms with van der Waals surface area (Å²) in [4.78, 5) is 26.2. The lowest BCUT2D eigenvalue weighted by Gasteiger charge is -2.35. The minimum absolute atomic E-state index is 0.115. The molecule has 0 aliphatic carbocycles. The highest BCUT2D eigenvalue weighted by Gasteiger charge is 2.26. The summed E-state index contributed by atoms with van der Waals surface area (Å²) in [5.74, 6) is 1.79. The van der Waals surface area contributed by atoms with E-state index in [1.54, 1.807) is 24.8 Å². The molecule has 4 rings (SSSR count). The Balaban J connectivity index is 1.46. The highest BCUT2D eigenvalue weighted by Crippen LogP contribution is 2.27. The largest absolute Gasteiger partial charge is 0.497 e. The van der Waals surface area contributed by atoms with Crippen molar-refractivity contribution in [3.63, 3.8) is 0 Å². The number of piperazine rings is 1. The van der Waals surface area contributed by atoms with E-state index in [1.165, 1.54) is 0 Å². The van der Waals surface area contributed by atoms with Gasteiger partial charge in [0.05, 0.1) is 19.0 Å². The van der Waals surface area contributed by atoms with Crippen molar-refractivity contribution in [2.45, 2.75) is 6.54 Å². The second kappa shape index (κ2) is 6.68. The Hall–Kier alpha value is -2.67. The molecule has 7 heteroatoms. The molecule has 1 saturated heterocycles. The van der Waals surface area contributed by atoms with Crippen molar-refractivity contribution in [3.05, 3.63) is 47.6 Å². The fourth-order valence-corrected chi connectivity index (χ4v) is 3.76. The van der Waals surface area contributed by atoms with Gasteiger partial charge in [-0.15, -0.1) is 11.3 Å². The SMILES string of the molecule is COc1ccc(CN2CCN(c3ncnc4sccc34)CC2=O)cc1. The number of amides is 1. The Labute approximate surface area is 149 Å². The van der Waals surface area contributed by atoms with Crippen molar-refractivity contribution < 1.29 is 9.53 Å². The van der Waals surface area contributed by atoms with Crippen molar-refractivity contribution in [2.24, 2.45) is 0 Å². The average molecular weight is 354 g/mol. The van der Waals surface area contributed by atoms with Crippen LogP contribution in [0.2, 0.25) is 0 Å². The molecule has 25 heavy (non-hydrogen) atoms. The molecule has 3 heterocycles. The van der Waals surface area contributed by atoms with Crippen LogP contribution in [0.15, 0.2) is 42.0 Å². The number of hydrogen-bond donors (Lipinski definition) is 0. The van der Waals surface area contributed by atoms with E-state index < -0.39 is 0 Å². The quantitative estimate of drug-likeness (QED) is 0.721. The van der Waals surface area contributed by atoms with Gasteiger partial charge >= 0.3 is 0 Å². The number of thiophene rings is 1. The fraction of sp³-hybridized carbons (Fsp3) is 0.278. The van der Waals surface area contributed by atoms with Gasteiger partial charge < -0.3 is 14.5 Å². The zero-order chi connectivity index (χ0) is 17.2. The number of anilines is 1. The maximum Gasteiger partial charge on any atom is 0.242 e. The Morgan fingerprint density at radius 2 is 2.00 bits per heavy atom. The molecular weight excluding hydrogens is 336 g/mol. The monoisotopic (exact) mass is 354 g/mol. The molecule has 0 radical (unpaired) electrons. The maximum absolute atomic E-state index is 12.6. The molecule has 0 spiro atoms. The summed E-state index contributed by atoms with van der Waals surface area (Å²) >= 11 is 1.59. The van der Waals surface area contributed by atoms with Crippen LogP contribution < -0.4 is 9.64 Å². The van der Waals surface area contributed by atoms with Gasteiger partial charge in [0.15, 0.2) is 0 Å². The first-order valence-electron chi connectivity index (χ1n) is 8.08. The average Bonchev–Trinajstić information content (AvgIpc) is 3.13. The zero-order valence-electron chi connectivity index (χ0n) is 13.9. The number of hydrogen-bond acceptors (Lipinski definition) is 6. The van der Waals surface area contributed by atoms with E-state index >= 15 is 0 Å². The van der Waals surface area contributed by atoms with Crippen molar-refractivity contribution in [1.82, 2.24) is 14.9 Å². The third-order valence-electron chi connectivity index (χ3n) is 4.39. The molecule has 0 bridgehead atoms. The molecule has 0 saturated carbocycles.